The topological polar surface area (TPSA) is 119 Å². The van der Waals surface area contributed by atoms with Crippen LogP contribution in [0.2, 0.25) is 0 Å². The van der Waals surface area contributed by atoms with Crippen molar-refractivity contribution < 1.29 is 27.4 Å². The Hall–Kier alpha value is -2.60. The van der Waals surface area contributed by atoms with Crippen molar-refractivity contribution in [3.63, 3.8) is 0 Å². The summed E-state index contributed by atoms with van der Waals surface area (Å²) in [5.41, 5.74) is -0.897. The highest BCUT2D eigenvalue weighted by atomic mass is 35.5. The third-order valence-corrected chi connectivity index (χ3v) is 5.91. The van der Waals surface area contributed by atoms with Crippen LogP contribution >= 0.6 is 11.6 Å². The van der Waals surface area contributed by atoms with Gasteiger partial charge in [0.2, 0.25) is 10.0 Å². The molecule has 0 saturated carbocycles. The highest BCUT2D eigenvalue weighted by Gasteiger charge is 2.37. The van der Waals surface area contributed by atoms with E-state index in [-0.39, 0.29) is 5.56 Å². The Balaban J connectivity index is 2.55. The molecule has 2 aromatic rings. The van der Waals surface area contributed by atoms with E-state index in [0.717, 1.165) is 23.3 Å². The first kappa shape index (κ1) is 22.7. The number of nitrogens with zero attached hydrogens (tertiary/aromatic N) is 2. The molecule has 1 amide bonds. The fourth-order valence-electron chi connectivity index (χ4n) is 2.48. The SMILES string of the molecule is CON(C)C(=O)[C@H](Cl)[C@H](NS(=O)(=O)c1ccccc1[N+](=O)[O-])c1ccccc1F. The van der Waals surface area contributed by atoms with Gasteiger partial charge in [-0.3, -0.25) is 19.7 Å². The molecule has 2 aromatic carbocycles. The summed E-state index contributed by atoms with van der Waals surface area (Å²) < 4.78 is 42.2. The fourth-order valence-corrected chi connectivity index (χ4v) is 4.29. The predicted molar refractivity (Wildman–Crippen MR) is 102 cm³/mol. The van der Waals surface area contributed by atoms with Crippen LogP contribution in [0.1, 0.15) is 11.6 Å². The van der Waals surface area contributed by atoms with Crippen LogP contribution in [0.3, 0.4) is 0 Å². The minimum atomic E-state index is -4.57. The van der Waals surface area contributed by atoms with Crippen molar-refractivity contribution in [2.24, 2.45) is 0 Å². The Labute approximate surface area is 171 Å². The Bertz CT molecular complexity index is 1020. The van der Waals surface area contributed by atoms with Crippen LogP contribution in [0.15, 0.2) is 53.4 Å². The maximum atomic E-state index is 14.4. The zero-order valence-electron chi connectivity index (χ0n) is 15.3. The Morgan fingerprint density at radius 2 is 1.83 bits per heavy atom. The van der Waals surface area contributed by atoms with E-state index in [9.17, 15) is 27.7 Å². The minimum Gasteiger partial charge on any atom is -0.275 e. The van der Waals surface area contributed by atoms with Crippen LogP contribution in [0, 0.1) is 15.9 Å². The van der Waals surface area contributed by atoms with E-state index in [4.69, 9.17) is 16.4 Å². The molecule has 12 heteroatoms. The number of nitro groups is 1. The third kappa shape index (κ3) is 5.07. The summed E-state index contributed by atoms with van der Waals surface area (Å²) in [5.74, 6) is -1.67. The lowest BCUT2D eigenvalue weighted by Crippen LogP contribution is -2.43. The number of carbonyl (C=O) groups is 1. The van der Waals surface area contributed by atoms with Crippen LogP contribution in [0.4, 0.5) is 10.1 Å². The highest BCUT2D eigenvalue weighted by Crippen LogP contribution is 2.30. The molecule has 156 valence electrons. The lowest BCUT2D eigenvalue weighted by molar-refractivity contribution is -0.387. The minimum absolute atomic E-state index is 0.215. The molecular formula is C17H17ClFN3O6S. The molecule has 0 aliphatic heterocycles. The number of sulfonamides is 1. The monoisotopic (exact) mass is 445 g/mol. The lowest BCUT2D eigenvalue weighted by Gasteiger charge is -2.26. The average molecular weight is 446 g/mol. The van der Waals surface area contributed by atoms with Gasteiger partial charge in [-0.15, -0.1) is 11.6 Å². The first-order valence-electron chi connectivity index (χ1n) is 8.06. The van der Waals surface area contributed by atoms with Gasteiger partial charge in [0.15, 0.2) is 4.90 Å². The normalized spacial score (nSPS) is 13.5. The van der Waals surface area contributed by atoms with E-state index in [1.54, 1.807) is 0 Å². The van der Waals surface area contributed by atoms with E-state index >= 15 is 0 Å². The van der Waals surface area contributed by atoms with E-state index in [1.165, 1.54) is 44.5 Å². The van der Waals surface area contributed by atoms with Gasteiger partial charge in [0.1, 0.15) is 11.2 Å². The molecule has 9 nitrogen and oxygen atoms in total. The molecule has 0 spiro atoms. The Morgan fingerprint density at radius 1 is 1.24 bits per heavy atom. The summed E-state index contributed by atoms with van der Waals surface area (Å²) in [7, 11) is -2.13. The number of para-hydroxylation sites is 1. The maximum absolute atomic E-state index is 14.4. The molecular weight excluding hydrogens is 429 g/mol. The molecule has 2 rings (SSSR count). The van der Waals surface area contributed by atoms with Crippen LogP contribution in [-0.4, -0.2) is 43.8 Å². The first-order valence-corrected chi connectivity index (χ1v) is 9.98. The Morgan fingerprint density at radius 3 is 2.41 bits per heavy atom. The van der Waals surface area contributed by atoms with E-state index < -0.39 is 48.7 Å². The van der Waals surface area contributed by atoms with Gasteiger partial charge < -0.3 is 0 Å². The van der Waals surface area contributed by atoms with Crippen LogP contribution in [0.5, 0.6) is 0 Å². The van der Waals surface area contributed by atoms with Crippen molar-refractivity contribution in [3.8, 4) is 0 Å². The van der Waals surface area contributed by atoms with Gasteiger partial charge in [-0.05, 0) is 12.1 Å². The van der Waals surface area contributed by atoms with Gasteiger partial charge >= 0.3 is 0 Å². The summed E-state index contributed by atoms with van der Waals surface area (Å²) in [6.07, 6.45) is 0. The second-order valence-electron chi connectivity index (χ2n) is 5.77. The van der Waals surface area contributed by atoms with Gasteiger partial charge in [-0.25, -0.2) is 22.6 Å². The zero-order valence-corrected chi connectivity index (χ0v) is 16.9. The van der Waals surface area contributed by atoms with Crippen molar-refractivity contribution in [1.82, 2.24) is 9.79 Å². The maximum Gasteiger partial charge on any atom is 0.289 e. The van der Waals surface area contributed by atoms with E-state index in [0.29, 0.717) is 0 Å². The summed E-state index contributed by atoms with van der Waals surface area (Å²) in [4.78, 5) is 26.8. The summed E-state index contributed by atoms with van der Waals surface area (Å²) >= 11 is 6.17. The number of rotatable bonds is 8. The summed E-state index contributed by atoms with van der Waals surface area (Å²) in [5, 5.41) is 10.3. The van der Waals surface area contributed by atoms with Gasteiger partial charge in [-0.1, -0.05) is 30.3 Å². The molecule has 0 radical (unpaired) electrons. The van der Waals surface area contributed by atoms with Crippen LogP contribution < -0.4 is 4.72 Å². The van der Waals surface area contributed by atoms with E-state index in [2.05, 4.69) is 4.72 Å². The number of nitro benzene ring substituents is 1. The molecule has 0 aliphatic rings. The lowest BCUT2D eigenvalue weighted by atomic mass is 10.0. The number of hydrogen-bond donors (Lipinski definition) is 1. The van der Waals surface area contributed by atoms with Gasteiger partial charge in [0.25, 0.3) is 11.6 Å². The largest absolute Gasteiger partial charge is 0.289 e. The van der Waals surface area contributed by atoms with E-state index in [1.807, 2.05) is 0 Å². The number of hydroxylamine groups is 2. The molecule has 0 fully saturated rings. The smallest absolute Gasteiger partial charge is 0.275 e. The second kappa shape index (κ2) is 9.27. The number of hydrogen-bond acceptors (Lipinski definition) is 6. The predicted octanol–water partition coefficient (Wildman–Crippen LogP) is 2.38. The molecule has 0 heterocycles. The molecule has 1 N–H and O–H groups in total. The first-order chi connectivity index (χ1) is 13.6. The number of halogens is 2. The summed E-state index contributed by atoms with van der Waals surface area (Å²) in [6.45, 7) is 0. The van der Waals surface area contributed by atoms with Gasteiger partial charge in [0, 0.05) is 18.7 Å². The van der Waals surface area contributed by atoms with Crippen molar-refractivity contribution in [2.45, 2.75) is 16.3 Å². The molecule has 0 aromatic heterocycles. The standard InChI is InChI=1S/C17H17ClFN3O6S/c1-21(28-2)17(23)15(18)16(11-7-3-4-8-12(11)19)20-29(26,27)14-10-6-5-9-13(14)22(24)25/h3-10,15-16,20H,1-2H3/t15-,16-/m1/s1. The number of alkyl halides is 1. The molecule has 0 saturated heterocycles. The van der Waals surface area contributed by atoms with Crippen molar-refractivity contribution in [3.05, 3.63) is 70.0 Å². The third-order valence-electron chi connectivity index (χ3n) is 3.99. The molecule has 0 unspecified atom stereocenters. The van der Waals surface area contributed by atoms with Crippen LogP contribution in [0.25, 0.3) is 0 Å². The van der Waals surface area contributed by atoms with Crippen LogP contribution in [-0.2, 0) is 19.7 Å². The van der Waals surface area contributed by atoms with Crippen molar-refractivity contribution in [1.29, 1.82) is 0 Å². The average Bonchev–Trinajstić information content (AvgIpc) is 2.71. The number of carbonyl (C=O) groups excluding carboxylic acids is 1. The molecule has 0 bridgehead atoms. The molecule has 2 atom stereocenters. The molecule has 29 heavy (non-hydrogen) atoms. The fraction of sp³-hybridized carbons (Fsp3) is 0.235. The van der Waals surface area contributed by atoms with Crippen molar-refractivity contribution in [2.75, 3.05) is 14.2 Å². The summed E-state index contributed by atoms with van der Waals surface area (Å²) in [6, 6.07) is 8.16. The van der Waals surface area contributed by atoms with Gasteiger partial charge in [-0.2, -0.15) is 0 Å². The Kier molecular flexibility index (Phi) is 7.25. The second-order valence-corrected chi connectivity index (χ2v) is 7.92. The number of benzene rings is 2. The number of nitrogens with one attached hydrogen (secondary N) is 1. The van der Waals surface area contributed by atoms with Crippen molar-refractivity contribution >= 4 is 33.2 Å². The highest BCUT2D eigenvalue weighted by molar-refractivity contribution is 7.89. The quantitative estimate of drug-likeness (QED) is 0.378. The van der Waals surface area contributed by atoms with Gasteiger partial charge in [0.05, 0.1) is 18.1 Å². The zero-order chi connectivity index (χ0) is 21.8. The molecule has 0 aliphatic carbocycles. The number of amides is 1.